The van der Waals surface area contributed by atoms with Crippen molar-refractivity contribution in [2.24, 2.45) is 5.73 Å². The maximum atomic E-state index is 11.5. The number of hydrogen-bond donors (Lipinski definition) is 2. The van der Waals surface area contributed by atoms with Crippen LogP contribution in [0.5, 0.6) is 0 Å². The van der Waals surface area contributed by atoms with E-state index in [1.165, 1.54) is 0 Å². The van der Waals surface area contributed by atoms with Crippen molar-refractivity contribution in [2.75, 3.05) is 19.7 Å². The second-order valence-corrected chi connectivity index (χ2v) is 3.43. The van der Waals surface area contributed by atoms with Gasteiger partial charge in [-0.3, -0.25) is 4.79 Å². The highest BCUT2D eigenvalue weighted by atomic mass is 16.3. The molecule has 0 bridgehead atoms. The Bertz CT molecular complexity index is 169. The summed E-state index contributed by atoms with van der Waals surface area (Å²) >= 11 is 0. The molecule has 1 fully saturated rings. The van der Waals surface area contributed by atoms with Crippen LogP contribution in [0, 0.1) is 0 Å². The molecular formula is C9H18N2O2. The van der Waals surface area contributed by atoms with Crippen LogP contribution in [0.1, 0.15) is 25.7 Å². The Kier molecular flexibility index (Phi) is 4.18. The Balaban J connectivity index is 2.29. The topological polar surface area (TPSA) is 66.6 Å². The SMILES string of the molecule is NCCCC(=O)N(CCO)C1CC1. The van der Waals surface area contributed by atoms with Gasteiger partial charge in [-0.2, -0.15) is 0 Å². The number of nitrogens with two attached hydrogens (primary N) is 1. The van der Waals surface area contributed by atoms with E-state index < -0.39 is 0 Å². The second-order valence-electron chi connectivity index (χ2n) is 3.43. The zero-order valence-electron chi connectivity index (χ0n) is 7.91. The van der Waals surface area contributed by atoms with Crippen LogP contribution >= 0.6 is 0 Å². The van der Waals surface area contributed by atoms with E-state index in [9.17, 15) is 4.79 Å². The van der Waals surface area contributed by atoms with E-state index in [0.717, 1.165) is 19.3 Å². The highest BCUT2D eigenvalue weighted by molar-refractivity contribution is 5.76. The fourth-order valence-corrected chi connectivity index (χ4v) is 1.40. The summed E-state index contributed by atoms with van der Waals surface area (Å²) in [5.41, 5.74) is 5.32. The van der Waals surface area contributed by atoms with Crippen LogP contribution in [0.2, 0.25) is 0 Å². The zero-order valence-corrected chi connectivity index (χ0v) is 7.91. The summed E-state index contributed by atoms with van der Waals surface area (Å²) in [5.74, 6) is 0.141. The molecule has 4 heteroatoms. The number of hydrogen-bond acceptors (Lipinski definition) is 3. The molecule has 1 aliphatic rings. The van der Waals surface area contributed by atoms with Gasteiger partial charge in [0.2, 0.25) is 5.91 Å². The van der Waals surface area contributed by atoms with Crippen molar-refractivity contribution in [3.63, 3.8) is 0 Å². The third-order valence-electron chi connectivity index (χ3n) is 2.24. The van der Waals surface area contributed by atoms with Crippen molar-refractivity contribution in [1.82, 2.24) is 4.90 Å². The number of carbonyl (C=O) groups excluding carboxylic acids is 1. The Morgan fingerprint density at radius 1 is 1.54 bits per heavy atom. The zero-order chi connectivity index (χ0) is 9.68. The molecule has 4 nitrogen and oxygen atoms in total. The fourth-order valence-electron chi connectivity index (χ4n) is 1.40. The first-order chi connectivity index (χ1) is 6.29. The van der Waals surface area contributed by atoms with Gasteiger partial charge in [-0.25, -0.2) is 0 Å². The molecule has 1 amide bonds. The molecule has 0 aromatic carbocycles. The maximum Gasteiger partial charge on any atom is 0.222 e. The summed E-state index contributed by atoms with van der Waals surface area (Å²) < 4.78 is 0. The molecule has 0 aliphatic heterocycles. The van der Waals surface area contributed by atoms with Gasteiger partial charge in [0, 0.05) is 19.0 Å². The fraction of sp³-hybridized carbons (Fsp3) is 0.889. The number of amides is 1. The van der Waals surface area contributed by atoms with Crippen molar-refractivity contribution in [3.8, 4) is 0 Å². The number of aliphatic hydroxyl groups excluding tert-OH is 1. The van der Waals surface area contributed by atoms with E-state index in [1.54, 1.807) is 4.90 Å². The van der Waals surface area contributed by atoms with Crippen LogP contribution in [0.3, 0.4) is 0 Å². The number of carbonyl (C=O) groups is 1. The number of nitrogens with zero attached hydrogens (tertiary/aromatic N) is 1. The van der Waals surface area contributed by atoms with Crippen LogP contribution in [0.4, 0.5) is 0 Å². The summed E-state index contributed by atoms with van der Waals surface area (Å²) in [6.07, 6.45) is 3.45. The predicted octanol–water partition coefficient (Wildman–Crippen LogP) is -0.291. The lowest BCUT2D eigenvalue weighted by molar-refractivity contribution is -0.132. The van der Waals surface area contributed by atoms with Crippen molar-refractivity contribution in [3.05, 3.63) is 0 Å². The van der Waals surface area contributed by atoms with Crippen LogP contribution in [0.25, 0.3) is 0 Å². The molecule has 0 aromatic heterocycles. The first-order valence-corrected chi connectivity index (χ1v) is 4.90. The smallest absolute Gasteiger partial charge is 0.222 e. The quantitative estimate of drug-likeness (QED) is 0.599. The first-order valence-electron chi connectivity index (χ1n) is 4.90. The Hall–Kier alpha value is -0.610. The van der Waals surface area contributed by atoms with Gasteiger partial charge >= 0.3 is 0 Å². The lowest BCUT2D eigenvalue weighted by Gasteiger charge is -2.21. The van der Waals surface area contributed by atoms with Gasteiger partial charge in [0.1, 0.15) is 0 Å². The summed E-state index contributed by atoms with van der Waals surface area (Å²) in [7, 11) is 0. The van der Waals surface area contributed by atoms with E-state index in [0.29, 0.717) is 25.6 Å². The minimum atomic E-state index is 0.0604. The van der Waals surface area contributed by atoms with Gasteiger partial charge < -0.3 is 15.7 Å². The van der Waals surface area contributed by atoms with Crippen molar-refractivity contribution in [1.29, 1.82) is 0 Å². The standard InChI is InChI=1S/C9H18N2O2/c10-5-1-2-9(13)11(6-7-12)8-3-4-8/h8,12H,1-7,10H2. The highest BCUT2D eigenvalue weighted by Gasteiger charge is 2.31. The van der Waals surface area contributed by atoms with E-state index in [1.807, 2.05) is 0 Å². The largest absolute Gasteiger partial charge is 0.395 e. The van der Waals surface area contributed by atoms with E-state index >= 15 is 0 Å². The van der Waals surface area contributed by atoms with E-state index in [4.69, 9.17) is 10.8 Å². The van der Waals surface area contributed by atoms with Crippen LogP contribution in [-0.4, -0.2) is 41.7 Å². The molecule has 0 heterocycles. The highest BCUT2D eigenvalue weighted by Crippen LogP contribution is 2.27. The Morgan fingerprint density at radius 2 is 2.23 bits per heavy atom. The molecule has 3 N–H and O–H groups in total. The van der Waals surface area contributed by atoms with Crippen molar-refractivity contribution in [2.45, 2.75) is 31.7 Å². The van der Waals surface area contributed by atoms with E-state index in [-0.39, 0.29) is 12.5 Å². The normalized spacial score (nSPS) is 15.8. The minimum Gasteiger partial charge on any atom is -0.395 e. The first kappa shape index (κ1) is 10.5. The van der Waals surface area contributed by atoms with Gasteiger partial charge in [-0.1, -0.05) is 0 Å². The lowest BCUT2D eigenvalue weighted by atomic mass is 10.2. The molecule has 13 heavy (non-hydrogen) atoms. The van der Waals surface area contributed by atoms with E-state index in [2.05, 4.69) is 0 Å². The second kappa shape index (κ2) is 5.19. The molecule has 0 spiro atoms. The number of rotatable bonds is 6. The van der Waals surface area contributed by atoms with Crippen molar-refractivity contribution < 1.29 is 9.90 Å². The lowest BCUT2D eigenvalue weighted by Crippen LogP contribution is -2.35. The van der Waals surface area contributed by atoms with Gasteiger partial charge in [0.15, 0.2) is 0 Å². The molecule has 0 aromatic rings. The molecule has 1 rings (SSSR count). The summed E-state index contributed by atoms with van der Waals surface area (Å²) in [6, 6.07) is 0.400. The average Bonchev–Trinajstić information content (AvgIpc) is 2.93. The maximum absolute atomic E-state index is 11.5. The monoisotopic (exact) mass is 186 g/mol. The molecule has 1 saturated carbocycles. The van der Waals surface area contributed by atoms with Crippen LogP contribution < -0.4 is 5.73 Å². The molecule has 0 radical (unpaired) electrons. The van der Waals surface area contributed by atoms with Gasteiger partial charge in [-0.05, 0) is 25.8 Å². The van der Waals surface area contributed by atoms with Gasteiger partial charge in [-0.15, -0.1) is 0 Å². The minimum absolute atomic E-state index is 0.0604. The summed E-state index contributed by atoms with van der Waals surface area (Å²) in [4.78, 5) is 13.3. The molecule has 76 valence electrons. The average molecular weight is 186 g/mol. The molecule has 0 atom stereocenters. The van der Waals surface area contributed by atoms with Gasteiger partial charge in [0.05, 0.1) is 6.61 Å². The molecule has 0 unspecified atom stereocenters. The Labute approximate surface area is 78.7 Å². The predicted molar refractivity (Wildman–Crippen MR) is 50.1 cm³/mol. The molecule has 1 aliphatic carbocycles. The summed E-state index contributed by atoms with van der Waals surface area (Å²) in [5, 5.41) is 8.77. The third-order valence-corrected chi connectivity index (χ3v) is 2.24. The number of aliphatic hydroxyl groups is 1. The Morgan fingerprint density at radius 3 is 2.69 bits per heavy atom. The van der Waals surface area contributed by atoms with Crippen molar-refractivity contribution >= 4 is 5.91 Å². The third kappa shape index (κ3) is 3.32. The van der Waals surface area contributed by atoms with Crippen LogP contribution in [0.15, 0.2) is 0 Å². The summed E-state index contributed by atoms with van der Waals surface area (Å²) in [6.45, 7) is 1.10. The van der Waals surface area contributed by atoms with Gasteiger partial charge in [0.25, 0.3) is 0 Å². The van der Waals surface area contributed by atoms with Crippen LogP contribution in [-0.2, 0) is 4.79 Å². The molecule has 0 saturated heterocycles. The molecular weight excluding hydrogens is 168 g/mol.